The van der Waals surface area contributed by atoms with Crippen molar-refractivity contribution in [3.63, 3.8) is 0 Å². The molecular formula is C20H26FN5O3S. The van der Waals surface area contributed by atoms with Gasteiger partial charge in [-0.05, 0) is 37.3 Å². The average molecular weight is 436 g/mol. The van der Waals surface area contributed by atoms with Crippen LogP contribution in [0.15, 0.2) is 24.3 Å². The van der Waals surface area contributed by atoms with E-state index in [-0.39, 0.29) is 23.7 Å². The van der Waals surface area contributed by atoms with Crippen LogP contribution in [0.4, 0.5) is 4.39 Å². The molecule has 2 aromatic rings. The highest BCUT2D eigenvalue weighted by molar-refractivity contribution is 7.94. The first kappa shape index (κ1) is 21.1. The van der Waals surface area contributed by atoms with Crippen LogP contribution in [-0.4, -0.2) is 55.4 Å². The Hall–Kier alpha value is -2.17. The number of nitrogens with one attached hydrogen (secondary N) is 1. The van der Waals surface area contributed by atoms with Crippen molar-refractivity contribution in [2.75, 3.05) is 25.9 Å². The Balaban J connectivity index is 1.39. The third kappa shape index (κ3) is 4.30. The fourth-order valence-corrected chi connectivity index (χ4v) is 5.23. The van der Waals surface area contributed by atoms with Crippen molar-refractivity contribution in [1.82, 2.24) is 24.4 Å². The van der Waals surface area contributed by atoms with E-state index in [1.165, 1.54) is 16.6 Å². The predicted molar refractivity (Wildman–Crippen MR) is 109 cm³/mol. The summed E-state index contributed by atoms with van der Waals surface area (Å²) in [5.41, 5.74) is 0.576. The van der Waals surface area contributed by atoms with Crippen LogP contribution >= 0.6 is 0 Å². The minimum absolute atomic E-state index is 0.0797. The lowest BCUT2D eigenvalue weighted by Crippen LogP contribution is -2.41. The number of sulfonamides is 1. The topological polar surface area (TPSA) is 103 Å². The molecule has 2 atom stereocenters. The molecule has 1 aromatic carbocycles. The number of aryl methyl sites for hydroxylation is 1. The highest BCUT2D eigenvalue weighted by Gasteiger charge is 2.37. The van der Waals surface area contributed by atoms with E-state index in [2.05, 4.69) is 15.5 Å². The van der Waals surface area contributed by atoms with E-state index in [1.807, 2.05) is 4.57 Å². The molecule has 162 valence electrons. The van der Waals surface area contributed by atoms with E-state index >= 15 is 0 Å². The summed E-state index contributed by atoms with van der Waals surface area (Å²) in [6, 6.07) is 6.18. The molecule has 30 heavy (non-hydrogen) atoms. The molecule has 2 aliphatic rings. The van der Waals surface area contributed by atoms with E-state index in [1.54, 1.807) is 18.2 Å². The van der Waals surface area contributed by atoms with Crippen molar-refractivity contribution in [3.05, 3.63) is 47.3 Å². The van der Waals surface area contributed by atoms with Crippen LogP contribution in [0.3, 0.4) is 0 Å². The van der Waals surface area contributed by atoms with Crippen LogP contribution in [0, 0.1) is 5.82 Å². The second-order valence-electron chi connectivity index (χ2n) is 7.97. The number of aromatic nitrogens is 3. The fraction of sp³-hybridized carbons (Fsp3) is 0.550. The van der Waals surface area contributed by atoms with Gasteiger partial charge >= 0.3 is 0 Å². The van der Waals surface area contributed by atoms with Gasteiger partial charge in [0.15, 0.2) is 0 Å². The molecule has 1 N–H and O–H groups in total. The molecule has 0 saturated carbocycles. The molecule has 1 aromatic heterocycles. The van der Waals surface area contributed by atoms with Crippen LogP contribution in [0.2, 0.25) is 0 Å². The molecule has 0 radical (unpaired) electrons. The van der Waals surface area contributed by atoms with E-state index in [0.29, 0.717) is 57.3 Å². The summed E-state index contributed by atoms with van der Waals surface area (Å²) in [6.45, 7) is 1.26. The number of nitrogens with zero attached hydrogens (tertiary/aromatic N) is 4. The van der Waals surface area contributed by atoms with Crippen LogP contribution in [0.25, 0.3) is 0 Å². The van der Waals surface area contributed by atoms with Gasteiger partial charge in [-0.3, -0.25) is 4.79 Å². The summed E-state index contributed by atoms with van der Waals surface area (Å²) in [5, 5.41) is 11.5. The minimum Gasteiger partial charge on any atom is -0.598 e. The zero-order chi connectivity index (χ0) is 21.3. The predicted octanol–water partition coefficient (Wildman–Crippen LogP) is 1.62. The number of amides is 1. The van der Waals surface area contributed by atoms with Gasteiger partial charge in [0.1, 0.15) is 40.2 Å². The summed E-state index contributed by atoms with van der Waals surface area (Å²) < 4.78 is 40.7. The van der Waals surface area contributed by atoms with E-state index < -0.39 is 10.4 Å². The van der Waals surface area contributed by atoms with Gasteiger partial charge in [-0.1, -0.05) is 22.4 Å². The number of carbonyl (C=O) groups excluding carboxylic acids is 1. The van der Waals surface area contributed by atoms with E-state index in [0.717, 1.165) is 11.6 Å². The fourth-order valence-electron chi connectivity index (χ4n) is 4.35. The molecule has 0 aliphatic carbocycles. The monoisotopic (exact) mass is 435 g/mol. The normalized spacial score (nSPS) is 21.9. The number of rotatable bonds is 6. The standard InChI is InChI=1S/C20H26FN5O3S/c1-30(28,29)25-12-9-15(10-13-25)19-24-23-18-7-6-17(26(18)19)20(27)22-11-8-14-4-2-3-5-16(14)21/h2-5,15,17H,6-13H2,1H3,(H-,22,27,28,29). The second kappa shape index (κ2) is 8.52. The molecule has 8 nitrogen and oxygen atoms in total. The summed E-state index contributed by atoms with van der Waals surface area (Å²) in [5.74, 6) is 1.27. The number of carbonyl (C=O) groups is 1. The molecule has 10 heteroatoms. The lowest BCUT2D eigenvalue weighted by atomic mass is 9.97. The number of piperidine rings is 1. The lowest BCUT2D eigenvalue weighted by molar-refractivity contribution is -0.124. The van der Waals surface area contributed by atoms with Crippen LogP contribution in [0.1, 0.15) is 48.4 Å². The molecule has 0 bridgehead atoms. The average Bonchev–Trinajstić information content (AvgIpc) is 3.31. The molecule has 1 fully saturated rings. The number of hydrogen-bond acceptors (Lipinski definition) is 5. The second-order valence-corrected chi connectivity index (χ2v) is 9.95. The van der Waals surface area contributed by atoms with Crippen molar-refractivity contribution >= 4 is 16.3 Å². The summed E-state index contributed by atoms with van der Waals surface area (Å²) in [4.78, 5) is 12.8. The van der Waals surface area contributed by atoms with Gasteiger partial charge in [0.25, 0.3) is 0 Å². The maximum atomic E-state index is 13.8. The van der Waals surface area contributed by atoms with Crippen molar-refractivity contribution in [3.8, 4) is 0 Å². The zero-order valence-corrected chi connectivity index (χ0v) is 17.7. The van der Waals surface area contributed by atoms with Crippen molar-refractivity contribution in [1.29, 1.82) is 0 Å². The van der Waals surface area contributed by atoms with Crippen molar-refractivity contribution in [2.24, 2.45) is 0 Å². The number of benzene rings is 1. The Kier molecular flexibility index (Phi) is 5.99. The first-order valence-electron chi connectivity index (χ1n) is 10.2. The molecule has 3 heterocycles. The molecule has 1 saturated heterocycles. The van der Waals surface area contributed by atoms with Gasteiger partial charge in [-0.2, -0.15) is 0 Å². The zero-order valence-electron chi connectivity index (χ0n) is 16.9. The van der Waals surface area contributed by atoms with Crippen LogP contribution in [-0.2, 0) is 32.2 Å². The van der Waals surface area contributed by atoms with Gasteiger partial charge in [0.05, 0.1) is 0 Å². The smallest absolute Gasteiger partial charge is 0.243 e. The molecule has 1 amide bonds. The third-order valence-corrected chi connectivity index (χ3v) is 7.29. The number of halogens is 1. The quantitative estimate of drug-likeness (QED) is 0.695. The molecular weight excluding hydrogens is 409 g/mol. The van der Waals surface area contributed by atoms with Crippen LogP contribution in [0.5, 0.6) is 0 Å². The Bertz CT molecular complexity index is 967. The first-order valence-corrected chi connectivity index (χ1v) is 12.1. The van der Waals surface area contributed by atoms with Crippen LogP contribution < -0.4 is 5.32 Å². The minimum atomic E-state index is -3.19. The first-order chi connectivity index (χ1) is 14.3. The maximum absolute atomic E-state index is 13.8. The Labute approximate surface area is 176 Å². The van der Waals surface area contributed by atoms with E-state index in [4.69, 9.17) is 0 Å². The SMILES string of the molecule is C[S+](=O)([O-])N1CCC(c2nnc3n2C(C(=O)NCCc2ccccc2F)CC3)CC1. The largest absolute Gasteiger partial charge is 0.598 e. The summed E-state index contributed by atoms with van der Waals surface area (Å²) >= 11 is 0. The lowest BCUT2D eigenvalue weighted by Gasteiger charge is -2.32. The Morgan fingerprint density at radius 3 is 2.70 bits per heavy atom. The van der Waals surface area contributed by atoms with Crippen molar-refractivity contribution in [2.45, 2.75) is 44.1 Å². The van der Waals surface area contributed by atoms with Gasteiger partial charge in [0, 0.05) is 32.0 Å². The maximum Gasteiger partial charge on any atom is 0.243 e. The Morgan fingerprint density at radius 2 is 2.00 bits per heavy atom. The van der Waals surface area contributed by atoms with Gasteiger partial charge in [-0.15, -0.1) is 14.5 Å². The molecule has 2 unspecified atom stereocenters. The summed E-state index contributed by atoms with van der Waals surface area (Å²) in [6.07, 6.45) is 4.31. The molecule has 2 aliphatic heterocycles. The van der Waals surface area contributed by atoms with Gasteiger partial charge < -0.3 is 14.4 Å². The molecule has 4 rings (SSSR count). The Morgan fingerprint density at radius 1 is 1.27 bits per heavy atom. The molecule has 0 spiro atoms. The number of hydrogen-bond donors (Lipinski definition) is 1. The van der Waals surface area contributed by atoms with Crippen molar-refractivity contribution < 1.29 is 17.9 Å². The number of fused-ring (bicyclic) bond motifs is 1. The highest BCUT2D eigenvalue weighted by Crippen LogP contribution is 2.34. The highest BCUT2D eigenvalue weighted by atomic mass is 32.3. The summed E-state index contributed by atoms with van der Waals surface area (Å²) in [7, 11) is -3.19. The van der Waals surface area contributed by atoms with E-state index in [9.17, 15) is 17.9 Å². The van der Waals surface area contributed by atoms with Gasteiger partial charge in [0.2, 0.25) is 5.91 Å². The third-order valence-electron chi connectivity index (χ3n) is 5.99. The van der Waals surface area contributed by atoms with Gasteiger partial charge in [-0.25, -0.2) is 4.39 Å².